The maximum absolute atomic E-state index is 13.2. The second kappa shape index (κ2) is 9.11. The number of hydrogen-bond donors (Lipinski definition) is 2. The van der Waals surface area contributed by atoms with E-state index in [0.717, 1.165) is 5.56 Å². The molecule has 7 nitrogen and oxygen atoms in total. The Hall–Kier alpha value is -2.58. The summed E-state index contributed by atoms with van der Waals surface area (Å²) in [7, 11) is -3.76. The summed E-state index contributed by atoms with van der Waals surface area (Å²) in [6.07, 6.45) is 0. The molecule has 3 rings (SSSR count). The van der Waals surface area contributed by atoms with Gasteiger partial charge in [-0.15, -0.1) is 0 Å². The fraction of sp³-hybridized carbons (Fsp3) is 0.458. The Bertz CT molecular complexity index is 1100. The molecule has 1 amide bonds. The van der Waals surface area contributed by atoms with Crippen LogP contribution in [0.15, 0.2) is 41.3 Å². The number of ether oxygens (including phenoxy) is 2. The summed E-state index contributed by atoms with van der Waals surface area (Å²) in [5.74, 6) is 1.11. The minimum absolute atomic E-state index is 0.0589. The molecule has 0 radical (unpaired) electrons. The molecular weight excluding hydrogens is 428 g/mol. The number of aryl methyl sites for hydroxylation is 1. The van der Waals surface area contributed by atoms with Gasteiger partial charge in [0.15, 0.2) is 11.5 Å². The van der Waals surface area contributed by atoms with Gasteiger partial charge >= 0.3 is 0 Å². The first-order valence-electron chi connectivity index (χ1n) is 10.7. The van der Waals surface area contributed by atoms with Crippen molar-refractivity contribution in [3.05, 3.63) is 53.1 Å². The van der Waals surface area contributed by atoms with Gasteiger partial charge < -0.3 is 14.8 Å². The molecule has 0 saturated heterocycles. The smallest absolute Gasteiger partial charge is 0.252 e. The third kappa shape index (κ3) is 5.61. The average Bonchev–Trinajstić information content (AvgIpc) is 2.69. The second-order valence-corrected chi connectivity index (χ2v) is 11.1. The summed E-state index contributed by atoms with van der Waals surface area (Å²) < 4.78 is 39.4. The molecule has 32 heavy (non-hydrogen) atoms. The summed E-state index contributed by atoms with van der Waals surface area (Å²) in [5.41, 5.74) is 1.29. The SMILES string of the molecule is Cc1ccc(S(=O)(=O)NC(C)(C)C)cc1C(=O)NC(c1ccc2c(c1)OCCO2)C(C)C. The summed E-state index contributed by atoms with van der Waals surface area (Å²) in [5, 5.41) is 3.07. The van der Waals surface area contributed by atoms with Gasteiger partial charge in [-0.1, -0.05) is 26.0 Å². The first kappa shape index (κ1) is 24.1. The number of benzene rings is 2. The van der Waals surface area contributed by atoms with Crippen LogP contribution in [0.5, 0.6) is 11.5 Å². The molecule has 0 spiro atoms. The van der Waals surface area contributed by atoms with E-state index in [1.165, 1.54) is 12.1 Å². The predicted octanol–water partition coefficient (Wildman–Crippen LogP) is 3.97. The van der Waals surface area contributed by atoms with Crippen LogP contribution in [0.25, 0.3) is 0 Å². The lowest BCUT2D eigenvalue weighted by molar-refractivity contribution is 0.0924. The number of sulfonamides is 1. The normalized spacial score (nSPS) is 14.8. The lowest BCUT2D eigenvalue weighted by Gasteiger charge is -2.26. The molecule has 1 unspecified atom stereocenters. The Balaban J connectivity index is 1.89. The predicted molar refractivity (Wildman–Crippen MR) is 124 cm³/mol. The molecule has 1 atom stereocenters. The largest absolute Gasteiger partial charge is 0.486 e. The molecule has 174 valence electrons. The number of hydrogen-bond acceptors (Lipinski definition) is 5. The van der Waals surface area contributed by atoms with Gasteiger partial charge in [-0.3, -0.25) is 4.79 Å². The topological polar surface area (TPSA) is 93.7 Å². The van der Waals surface area contributed by atoms with Crippen LogP contribution in [0.2, 0.25) is 0 Å². The highest BCUT2D eigenvalue weighted by Gasteiger charge is 2.26. The molecule has 0 fully saturated rings. The molecule has 1 aliphatic heterocycles. The Morgan fingerprint density at radius 2 is 1.66 bits per heavy atom. The Labute approximate surface area is 190 Å². The van der Waals surface area contributed by atoms with Gasteiger partial charge in [0.2, 0.25) is 10.0 Å². The first-order chi connectivity index (χ1) is 14.9. The van der Waals surface area contributed by atoms with E-state index in [-0.39, 0.29) is 22.8 Å². The van der Waals surface area contributed by atoms with Crippen LogP contribution >= 0.6 is 0 Å². The monoisotopic (exact) mass is 460 g/mol. The van der Waals surface area contributed by atoms with Crippen molar-refractivity contribution in [3.63, 3.8) is 0 Å². The summed E-state index contributed by atoms with van der Waals surface area (Å²) in [4.78, 5) is 13.3. The lowest BCUT2D eigenvalue weighted by atomic mass is 9.95. The van der Waals surface area contributed by atoms with Gasteiger partial charge in [-0.25, -0.2) is 13.1 Å². The van der Waals surface area contributed by atoms with Crippen LogP contribution in [0, 0.1) is 12.8 Å². The molecule has 1 heterocycles. The molecule has 0 saturated carbocycles. The molecule has 2 aromatic carbocycles. The van der Waals surface area contributed by atoms with Crippen LogP contribution in [-0.4, -0.2) is 33.1 Å². The third-order valence-corrected chi connectivity index (χ3v) is 6.84. The number of nitrogens with one attached hydrogen (secondary N) is 2. The highest BCUT2D eigenvalue weighted by Crippen LogP contribution is 2.34. The van der Waals surface area contributed by atoms with Gasteiger partial charge in [-0.2, -0.15) is 0 Å². The first-order valence-corrected chi connectivity index (χ1v) is 12.2. The zero-order chi connectivity index (χ0) is 23.7. The number of fused-ring (bicyclic) bond motifs is 1. The molecule has 1 aliphatic rings. The van der Waals surface area contributed by atoms with E-state index in [9.17, 15) is 13.2 Å². The number of carbonyl (C=O) groups is 1. The van der Waals surface area contributed by atoms with Gasteiger partial charge in [0.25, 0.3) is 5.91 Å². The van der Waals surface area contributed by atoms with Crippen LogP contribution in [0.1, 0.15) is 62.1 Å². The summed E-state index contributed by atoms with van der Waals surface area (Å²) in [6, 6.07) is 9.97. The quantitative estimate of drug-likeness (QED) is 0.680. The molecule has 0 aliphatic carbocycles. The van der Waals surface area contributed by atoms with Crippen LogP contribution in [-0.2, 0) is 10.0 Å². The van der Waals surface area contributed by atoms with Crippen molar-refractivity contribution in [2.24, 2.45) is 5.92 Å². The van der Waals surface area contributed by atoms with Crippen LogP contribution in [0.4, 0.5) is 0 Å². The van der Waals surface area contributed by atoms with E-state index in [4.69, 9.17) is 9.47 Å². The van der Waals surface area contributed by atoms with Gasteiger partial charge in [-0.05, 0) is 69.0 Å². The lowest BCUT2D eigenvalue weighted by Crippen LogP contribution is -2.40. The maximum atomic E-state index is 13.2. The van der Waals surface area contributed by atoms with Crippen molar-refractivity contribution < 1.29 is 22.7 Å². The minimum Gasteiger partial charge on any atom is -0.486 e. The van der Waals surface area contributed by atoms with Crippen molar-refractivity contribution in [3.8, 4) is 11.5 Å². The second-order valence-electron chi connectivity index (χ2n) is 9.43. The zero-order valence-corrected chi connectivity index (χ0v) is 20.3. The molecule has 8 heteroatoms. The molecule has 0 aromatic heterocycles. The molecule has 0 bridgehead atoms. The Morgan fingerprint density at radius 3 is 2.28 bits per heavy atom. The Kier molecular flexibility index (Phi) is 6.86. The van der Waals surface area contributed by atoms with E-state index < -0.39 is 15.6 Å². The number of rotatable bonds is 6. The van der Waals surface area contributed by atoms with Gasteiger partial charge in [0.05, 0.1) is 10.9 Å². The third-order valence-electron chi connectivity index (χ3n) is 5.08. The van der Waals surface area contributed by atoms with Crippen molar-refractivity contribution in [2.75, 3.05) is 13.2 Å². The van der Waals surface area contributed by atoms with Gasteiger partial charge in [0.1, 0.15) is 13.2 Å². The molecular formula is C24H32N2O5S. The van der Waals surface area contributed by atoms with E-state index >= 15 is 0 Å². The fourth-order valence-electron chi connectivity index (χ4n) is 3.58. The minimum atomic E-state index is -3.76. The summed E-state index contributed by atoms with van der Waals surface area (Å²) >= 11 is 0. The van der Waals surface area contributed by atoms with Crippen LogP contribution < -0.4 is 19.5 Å². The number of carbonyl (C=O) groups excluding carboxylic acids is 1. The van der Waals surface area contributed by atoms with E-state index in [0.29, 0.717) is 35.8 Å². The summed E-state index contributed by atoms with van der Waals surface area (Å²) in [6.45, 7) is 12.1. The standard InChI is InChI=1S/C24H32N2O5S/c1-15(2)22(17-8-10-20-21(13-17)31-12-11-30-20)25-23(27)19-14-18(9-7-16(19)3)32(28,29)26-24(4,5)6/h7-10,13-15,22,26H,11-12H2,1-6H3,(H,25,27). The highest BCUT2D eigenvalue weighted by atomic mass is 32.2. The average molecular weight is 461 g/mol. The number of amides is 1. The molecule has 2 aromatic rings. The highest BCUT2D eigenvalue weighted by molar-refractivity contribution is 7.89. The van der Waals surface area contributed by atoms with Gasteiger partial charge in [0, 0.05) is 11.1 Å². The Morgan fingerprint density at radius 1 is 1.00 bits per heavy atom. The zero-order valence-electron chi connectivity index (χ0n) is 19.5. The van der Waals surface area contributed by atoms with Crippen molar-refractivity contribution in [1.82, 2.24) is 10.0 Å². The fourth-order valence-corrected chi connectivity index (χ4v) is 5.03. The van der Waals surface area contributed by atoms with E-state index in [2.05, 4.69) is 10.0 Å². The van der Waals surface area contributed by atoms with Crippen molar-refractivity contribution in [1.29, 1.82) is 0 Å². The van der Waals surface area contributed by atoms with E-state index in [1.807, 2.05) is 32.0 Å². The maximum Gasteiger partial charge on any atom is 0.252 e. The van der Waals surface area contributed by atoms with E-state index in [1.54, 1.807) is 33.8 Å². The van der Waals surface area contributed by atoms with Crippen molar-refractivity contribution >= 4 is 15.9 Å². The van der Waals surface area contributed by atoms with Crippen molar-refractivity contribution in [2.45, 2.75) is 58.0 Å². The van der Waals surface area contributed by atoms with Crippen LogP contribution in [0.3, 0.4) is 0 Å². The molecule has 2 N–H and O–H groups in total.